The highest BCUT2D eigenvalue weighted by Gasteiger charge is 2.06. The van der Waals surface area contributed by atoms with Crippen LogP contribution in [0, 0.1) is 0 Å². The fourth-order valence-corrected chi connectivity index (χ4v) is 1.28. The van der Waals surface area contributed by atoms with Crippen molar-refractivity contribution in [3.05, 3.63) is 28.2 Å². The Balaban J connectivity index is 2.64. The molecule has 1 aromatic rings. The predicted molar refractivity (Wildman–Crippen MR) is 60.6 cm³/mol. The Kier molecular flexibility index (Phi) is 4.68. The summed E-state index contributed by atoms with van der Waals surface area (Å²) in [6.07, 6.45) is 0. The van der Waals surface area contributed by atoms with Gasteiger partial charge in [0.15, 0.2) is 0 Å². The summed E-state index contributed by atoms with van der Waals surface area (Å²) in [5.41, 5.74) is 0.430. The van der Waals surface area contributed by atoms with E-state index in [9.17, 15) is 4.79 Å². The van der Waals surface area contributed by atoms with Crippen LogP contribution in [0.3, 0.4) is 0 Å². The van der Waals surface area contributed by atoms with Crippen molar-refractivity contribution in [2.24, 2.45) is 0 Å². The number of nitrogens with one attached hydrogen (secondary N) is 2. The van der Waals surface area contributed by atoms with Crippen molar-refractivity contribution < 1.29 is 9.90 Å². The average Bonchev–Trinajstić information content (AvgIpc) is 2.22. The van der Waals surface area contributed by atoms with Crippen molar-refractivity contribution >= 4 is 34.9 Å². The number of aliphatic hydroxyl groups is 1. The molecule has 1 aromatic carbocycles. The van der Waals surface area contributed by atoms with Crippen LogP contribution < -0.4 is 10.6 Å². The first-order valence-electron chi connectivity index (χ1n) is 4.25. The standard InChI is InChI=1S/C9H10Cl2N2O2/c10-6-2-1-3-7(8(6)11)13-9(15)12-4-5-14/h1-3,14H,4-5H2,(H2,12,13,15). The molecular weight excluding hydrogens is 239 g/mol. The third kappa shape index (κ3) is 3.58. The zero-order valence-electron chi connectivity index (χ0n) is 7.76. The minimum absolute atomic E-state index is 0.114. The number of carbonyl (C=O) groups is 1. The maximum Gasteiger partial charge on any atom is 0.319 e. The maximum atomic E-state index is 11.2. The van der Waals surface area contributed by atoms with Crippen molar-refractivity contribution in [1.29, 1.82) is 0 Å². The first kappa shape index (κ1) is 12.1. The zero-order valence-corrected chi connectivity index (χ0v) is 9.27. The van der Waals surface area contributed by atoms with E-state index >= 15 is 0 Å². The van der Waals surface area contributed by atoms with Gasteiger partial charge in [-0.3, -0.25) is 0 Å². The summed E-state index contributed by atoms with van der Waals surface area (Å²) in [5, 5.41) is 14.1. The van der Waals surface area contributed by atoms with Crippen molar-refractivity contribution in [3.63, 3.8) is 0 Å². The molecule has 4 nitrogen and oxygen atoms in total. The molecule has 1 rings (SSSR count). The number of hydrogen-bond donors (Lipinski definition) is 3. The van der Waals surface area contributed by atoms with Gasteiger partial charge >= 0.3 is 6.03 Å². The summed E-state index contributed by atoms with van der Waals surface area (Å²) >= 11 is 11.6. The van der Waals surface area contributed by atoms with Gasteiger partial charge in [-0.2, -0.15) is 0 Å². The second-order valence-corrected chi connectivity index (χ2v) is 3.49. The number of benzene rings is 1. The average molecular weight is 249 g/mol. The van der Waals surface area contributed by atoms with Crippen molar-refractivity contribution in [1.82, 2.24) is 5.32 Å². The topological polar surface area (TPSA) is 61.4 Å². The summed E-state index contributed by atoms with van der Waals surface area (Å²) in [6.45, 7) is 0.0702. The molecule has 0 spiro atoms. The molecule has 15 heavy (non-hydrogen) atoms. The van der Waals surface area contributed by atoms with E-state index in [1.165, 1.54) is 0 Å². The Labute approximate surface area is 97.2 Å². The first-order chi connectivity index (χ1) is 7.15. The van der Waals surface area contributed by atoms with E-state index in [0.29, 0.717) is 15.7 Å². The molecular formula is C9H10Cl2N2O2. The molecule has 0 aromatic heterocycles. The third-order valence-electron chi connectivity index (χ3n) is 1.60. The number of amides is 2. The van der Waals surface area contributed by atoms with Gasteiger partial charge in [0.1, 0.15) is 0 Å². The number of hydrogen-bond acceptors (Lipinski definition) is 2. The smallest absolute Gasteiger partial charge is 0.319 e. The lowest BCUT2D eigenvalue weighted by atomic mass is 10.3. The van der Waals surface area contributed by atoms with Crippen LogP contribution in [0.2, 0.25) is 10.0 Å². The quantitative estimate of drug-likeness (QED) is 0.768. The zero-order chi connectivity index (χ0) is 11.3. The van der Waals surface area contributed by atoms with E-state index < -0.39 is 6.03 Å². The molecule has 6 heteroatoms. The molecule has 0 heterocycles. The molecule has 0 atom stereocenters. The lowest BCUT2D eigenvalue weighted by Gasteiger charge is -2.08. The molecule has 0 radical (unpaired) electrons. The van der Waals surface area contributed by atoms with E-state index in [2.05, 4.69) is 10.6 Å². The van der Waals surface area contributed by atoms with Crippen LogP contribution in [0.15, 0.2) is 18.2 Å². The van der Waals surface area contributed by atoms with E-state index in [1.807, 2.05) is 0 Å². The monoisotopic (exact) mass is 248 g/mol. The summed E-state index contributed by atoms with van der Waals surface area (Å²) in [7, 11) is 0. The minimum atomic E-state index is -0.437. The lowest BCUT2D eigenvalue weighted by Crippen LogP contribution is -2.31. The summed E-state index contributed by atoms with van der Waals surface area (Å²) in [6, 6.07) is 4.50. The van der Waals surface area contributed by atoms with Crippen LogP contribution in [-0.4, -0.2) is 24.3 Å². The van der Waals surface area contributed by atoms with Crippen LogP contribution >= 0.6 is 23.2 Å². The van der Waals surface area contributed by atoms with E-state index in [0.717, 1.165) is 0 Å². The van der Waals surface area contributed by atoms with Gasteiger partial charge in [0.05, 0.1) is 22.3 Å². The summed E-state index contributed by atoms with van der Waals surface area (Å²) in [5.74, 6) is 0. The number of rotatable bonds is 3. The highest BCUT2D eigenvalue weighted by atomic mass is 35.5. The largest absolute Gasteiger partial charge is 0.395 e. The number of aliphatic hydroxyl groups excluding tert-OH is 1. The van der Waals surface area contributed by atoms with Crippen LogP contribution in [0.1, 0.15) is 0 Å². The van der Waals surface area contributed by atoms with Gasteiger partial charge < -0.3 is 15.7 Å². The normalized spacial score (nSPS) is 9.80. The molecule has 2 amide bonds. The van der Waals surface area contributed by atoms with Gasteiger partial charge in [-0.25, -0.2) is 4.79 Å². The van der Waals surface area contributed by atoms with Crippen LogP contribution in [0.4, 0.5) is 10.5 Å². The van der Waals surface area contributed by atoms with Crippen molar-refractivity contribution in [3.8, 4) is 0 Å². The molecule has 0 saturated carbocycles. The number of carbonyl (C=O) groups excluding carboxylic acids is 1. The van der Waals surface area contributed by atoms with Crippen LogP contribution in [0.25, 0.3) is 0 Å². The summed E-state index contributed by atoms with van der Waals surface area (Å²) < 4.78 is 0. The molecule has 0 aliphatic carbocycles. The van der Waals surface area contributed by atoms with Gasteiger partial charge in [-0.05, 0) is 12.1 Å². The van der Waals surface area contributed by atoms with E-state index in [1.54, 1.807) is 18.2 Å². The Morgan fingerprint density at radius 1 is 1.40 bits per heavy atom. The SMILES string of the molecule is O=C(NCCO)Nc1cccc(Cl)c1Cl. The molecule has 3 N–H and O–H groups in total. The predicted octanol–water partition coefficient (Wildman–Crippen LogP) is 2.11. The number of urea groups is 1. The van der Waals surface area contributed by atoms with Crippen LogP contribution in [-0.2, 0) is 0 Å². The Morgan fingerprint density at radius 3 is 2.80 bits per heavy atom. The van der Waals surface area contributed by atoms with Crippen LogP contribution in [0.5, 0.6) is 0 Å². The maximum absolute atomic E-state index is 11.2. The van der Waals surface area contributed by atoms with Gasteiger partial charge in [0.2, 0.25) is 0 Å². The molecule has 82 valence electrons. The second kappa shape index (κ2) is 5.80. The Hall–Kier alpha value is -0.970. The highest BCUT2D eigenvalue weighted by Crippen LogP contribution is 2.29. The van der Waals surface area contributed by atoms with Crippen molar-refractivity contribution in [2.75, 3.05) is 18.5 Å². The Bertz CT molecular complexity index is 358. The molecule has 0 aliphatic heterocycles. The van der Waals surface area contributed by atoms with Gasteiger partial charge in [-0.1, -0.05) is 29.3 Å². The van der Waals surface area contributed by atoms with Crippen molar-refractivity contribution in [2.45, 2.75) is 0 Å². The number of anilines is 1. The molecule has 0 fully saturated rings. The fourth-order valence-electron chi connectivity index (χ4n) is 0.936. The van der Waals surface area contributed by atoms with E-state index in [-0.39, 0.29) is 13.2 Å². The third-order valence-corrected chi connectivity index (χ3v) is 2.42. The van der Waals surface area contributed by atoms with Gasteiger partial charge in [-0.15, -0.1) is 0 Å². The van der Waals surface area contributed by atoms with Gasteiger partial charge in [0.25, 0.3) is 0 Å². The summed E-state index contributed by atoms with van der Waals surface area (Å²) in [4.78, 5) is 11.2. The number of halogens is 2. The molecule has 0 aliphatic rings. The molecule has 0 bridgehead atoms. The Morgan fingerprint density at radius 2 is 2.13 bits per heavy atom. The first-order valence-corrected chi connectivity index (χ1v) is 5.00. The molecule has 0 saturated heterocycles. The second-order valence-electron chi connectivity index (χ2n) is 2.71. The van der Waals surface area contributed by atoms with Gasteiger partial charge in [0, 0.05) is 6.54 Å². The highest BCUT2D eigenvalue weighted by molar-refractivity contribution is 6.43. The lowest BCUT2D eigenvalue weighted by molar-refractivity contribution is 0.245. The minimum Gasteiger partial charge on any atom is -0.395 e. The van der Waals surface area contributed by atoms with E-state index in [4.69, 9.17) is 28.3 Å². The molecule has 0 unspecified atom stereocenters. The fraction of sp³-hybridized carbons (Fsp3) is 0.222.